The monoisotopic (exact) mass is 369 g/mol. The maximum Gasteiger partial charge on any atom is 0.241 e. The fourth-order valence-electron chi connectivity index (χ4n) is 1.90. The first kappa shape index (κ1) is 16.0. The average molecular weight is 370 g/mol. The lowest BCUT2D eigenvalue weighted by molar-refractivity contribution is 0.414. The molecule has 0 amide bonds. The number of hydrogen-bond donors (Lipinski definition) is 1. The second-order valence-electron chi connectivity index (χ2n) is 4.57. The van der Waals surface area contributed by atoms with E-state index in [1.165, 1.54) is 0 Å². The Balaban J connectivity index is 2.19. The van der Waals surface area contributed by atoms with Crippen LogP contribution >= 0.6 is 15.9 Å². The Bertz CT molecular complexity index is 714. The highest BCUT2D eigenvalue weighted by molar-refractivity contribution is 9.10. The lowest BCUT2D eigenvalue weighted by Crippen LogP contribution is -2.26. The van der Waals surface area contributed by atoms with Gasteiger partial charge in [-0.25, -0.2) is 13.1 Å². The molecule has 2 aromatic carbocycles. The number of hydrogen-bond acceptors (Lipinski definition) is 3. The van der Waals surface area contributed by atoms with E-state index >= 15 is 0 Å². The third-order valence-electron chi connectivity index (χ3n) is 3.05. The van der Waals surface area contributed by atoms with Gasteiger partial charge in [-0.1, -0.05) is 34.1 Å². The summed E-state index contributed by atoms with van der Waals surface area (Å²) < 4.78 is 33.1. The summed E-state index contributed by atoms with van der Waals surface area (Å²) in [6.07, 6.45) is 0. The van der Waals surface area contributed by atoms with E-state index in [0.29, 0.717) is 0 Å². The molecule has 112 valence electrons. The molecule has 2 rings (SSSR count). The maximum atomic E-state index is 12.3. The molecule has 2 aromatic rings. The van der Waals surface area contributed by atoms with Gasteiger partial charge in [0.05, 0.1) is 12.0 Å². The van der Waals surface area contributed by atoms with Gasteiger partial charge >= 0.3 is 0 Å². The highest BCUT2D eigenvalue weighted by Crippen LogP contribution is 2.21. The van der Waals surface area contributed by atoms with Crippen molar-refractivity contribution in [1.82, 2.24) is 4.72 Å². The number of nitrogens with one attached hydrogen (secondary N) is 1. The largest absolute Gasteiger partial charge is 0.497 e. The Kier molecular flexibility index (Phi) is 5.03. The number of methoxy groups -OCH3 is 1. The highest BCUT2D eigenvalue weighted by atomic mass is 79.9. The Morgan fingerprint density at radius 2 is 1.81 bits per heavy atom. The van der Waals surface area contributed by atoms with Crippen molar-refractivity contribution in [2.24, 2.45) is 0 Å². The van der Waals surface area contributed by atoms with Crippen LogP contribution in [0.15, 0.2) is 57.9 Å². The number of benzene rings is 2. The first-order chi connectivity index (χ1) is 9.92. The van der Waals surface area contributed by atoms with Crippen LogP contribution < -0.4 is 9.46 Å². The van der Waals surface area contributed by atoms with E-state index in [-0.39, 0.29) is 10.9 Å². The Hall–Kier alpha value is -1.37. The van der Waals surface area contributed by atoms with Crippen LogP contribution in [0.1, 0.15) is 18.5 Å². The molecule has 6 heteroatoms. The van der Waals surface area contributed by atoms with E-state index in [9.17, 15) is 8.42 Å². The molecular weight excluding hydrogens is 354 g/mol. The zero-order valence-electron chi connectivity index (χ0n) is 11.7. The van der Waals surface area contributed by atoms with Gasteiger partial charge in [0.1, 0.15) is 5.75 Å². The molecule has 0 bridgehead atoms. The zero-order valence-corrected chi connectivity index (χ0v) is 14.1. The van der Waals surface area contributed by atoms with E-state index in [4.69, 9.17) is 4.74 Å². The summed E-state index contributed by atoms with van der Waals surface area (Å²) in [7, 11) is -1.97. The van der Waals surface area contributed by atoms with Gasteiger partial charge in [0.2, 0.25) is 10.0 Å². The van der Waals surface area contributed by atoms with Crippen LogP contribution in [-0.4, -0.2) is 15.5 Å². The summed E-state index contributed by atoms with van der Waals surface area (Å²) in [5.74, 6) is 0.737. The minimum atomic E-state index is -3.56. The van der Waals surface area contributed by atoms with Crippen LogP contribution in [0, 0.1) is 0 Å². The van der Waals surface area contributed by atoms with Gasteiger partial charge in [-0.3, -0.25) is 0 Å². The van der Waals surface area contributed by atoms with Crippen molar-refractivity contribution in [3.63, 3.8) is 0 Å². The molecule has 21 heavy (non-hydrogen) atoms. The zero-order chi connectivity index (χ0) is 15.5. The third kappa shape index (κ3) is 4.06. The number of sulfonamides is 1. The number of rotatable bonds is 5. The third-order valence-corrected chi connectivity index (χ3v) is 5.09. The number of ether oxygens (including phenoxy) is 1. The summed E-state index contributed by atoms with van der Waals surface area (Å²) in [6.45, 7) is 1.80. The summed E-state index contributed by atoms with van der Waals surface area (Å²) in [5.41, 5.74) is 0.870. The van der Waals surface area contributed by atoms with Crippen LogP contribution in [0.3, 0.4) is 0 Å². The fraction of sp³-hybridized carbons (Fsp3) is 0.200. The van der Waals surface area contributed by atoms with Gasteiger partial charge in [-0.2, -0.15) is 0 Å². The van der Waals surface area contributed by atoms with Crippen molar-refractivity contribution in [1.29, 1.82) is 0 Å². The van der Waals surface area contributed by atoms with Crippen molar-refractivity contribution >= 4 is 26.0 Å². The van der Waals surface area contributed by atoms with Crippen molar-refractivity contribution in [2.45, 2.75) is 17.9 Å². The van der Waals surface area contributed by atoms with Crippen LogP contribution in [0.2, 0.25) is 0 Å². The lowest BCUT2D eigenvalue weighted by Gasteiger charge is -2.15. The molecule has 0 spiro atoms. The Morgan fingerprint density at radius 1 is 1.14 bits per heavy atom. The fourth-order valence-corrected chi connectivity index (χ4v) is 3.72. The van der Waals surface area contributed by atoms with Gasteiger partial charge < -0.3 is 4.74 Å². The normalized spacial score (nSPS) is 12.9. The molecule has 1 atom stereocenters. The van der Waals surface area contributed by atoms with E-state index in [1.54, 1.807) is 50.4 Å². The molecule has 0 saturated heterocycles. The van der Waals surface area contributed by atoms with Crippen LogP contribution in [0.5, 0.6) is 5.75 Å². The van der Waals surface area contributed by atoms with Crippen molar-refractivity contribution in [3.8, 4) is 5.75 Å². The molecule has 0 radical (unpaired) electrons. The summed E-state index contributed by atoms with van der Waals surface area (Å²) in [5, 5.41) is 0. The van der Waals surface area contributed by atoms with Gasteiger partial charge in [-0.05, 0) is 42.8 Å². The first-order valence-electron chi connectivity index (χ1n) is 6.34. The van der Waals surface area contributed by atoms with E-state index in [0.717, 1.165) is 15.8 Å². The van der Waals surface area contributed by atoms with Crippen molar-refractivity contribution in [2.75, 3.05) is 7.11 Å². The van der Waals surface area contributed by atoms with Gasteiger partial charge in [0.15, 0.2) is 0 Å². The Morgan fingerprint density at radius 3 is 2.38 bits per heavy atom. The molecule has 4 nitrogen and oxygen atoms in total. The average Bonchev–Trinajstić information content (AvgIpc) is 2.47. The molecule has 0 heterocycles. The molecule has 0 aliphatic carbocycles. The smallest absolute Gasteiger partial charge is 0.241 e. The summed E-state index contributed by atoms with van der Waals surface area (Å²) >= 11 is 3.28. The second kappa shape index (κ2) is 6.60. The van der Waals surface area contributed by atoms with Gasteiger partial charge in [0.25, 0.3) is 0 Å². The molecule has 1 unspecified atom stereocenters. The number of halogens is 1. The predicted octanol–water partition coefficient (Wildman–Crippen LogP) is 3.50. The quantitative estimate of drug-likeness (QED) is 0.877. The Labute approximate surface area is 133 Å². The molecule has 0 aliphatic heterocycles. The predicted molar refractivity (Wildman–Crippen MR) is 85.9 cm³/mol. The van der Waals surface area contributed by atoms with E-state index in [1.807, 2.05) is 12.1 Å². The standard InChI is InChI=1S/C15H16BrNO3S/c1-11(12-6-8-14(20-2)9-7-12)17-21(18,19)15-5-3-4-13(16)10-15/h3-11,17H,1-2H3. The van der Waals surface area contributed by atoms with Crippen LogP contribution in [-0.2, 0) is 10.0 Å². The molecule has 1 N–H and O–H groups in total. The minimum absolute atomic E-state index is 0.234. The van der Waals surface area contributed by atoms with Gasteiger partial charge in [0, 0.05) is 10.5 Å². The highest BCUT2D eigenvalue weighted by Gasteiger charge is 2.18. The van der Waals surface area contributed by atoms with Crippen LogP contribution in [0.4, 0.5) is 0 Å². The van der Waals surface area contributed by atoms with E-state index < -0.39 is 10.0 Å². The SMILES string of the molecule is COc1ccc(C(C)NS(=O)(=O)c2cccc(Br)c2)cc1. The van der Waals surface area contributed by atoms with Gasteiger partial charge in [-0.15, -0.1) is 0 Å². The molecular formula is C15H16BrNO3S. The molecule has 0 saturated carbocycles. The maximum absolute atomic E-state index is 12.3. The lowest BCUT2D eigenvalue weighted by atomic mass is 10.1. The topological polar surface area (TPSA) is 55.4 Å². The molecule has 0 aliphatic rings. The summed E-state index contributed by atoms with van der Waals surface area (Å²) in [4.78, 5) is 0.234. The summed E-state index contributed by atoms with van der Waals surface area (Å²) in [6, 6.07) is 13.6. The van der Waals surface area contributed by atoms with Crippen molar-refractivity contribution in [3.05, 3.63) is 58.6 Å². The van der Waals surface area contributed by atoms with Crippen molar-refractivity contribution < 1.29 is 13.2 Å². The molecule has 0 aromatic heterocycles. The molecule has 0 fully saturated rings. The minimum Gasteiger partial charge on any atom is -0.497 e. The first-order valence-corrected chi connectivity index (χ1v) is 8.62. The van der Waals surface area contributed by atoms with E-state index in [2.05, 4.69) is 20.7 Å². The van der Waals surface area contributed by atoms with Crippen LogP contribution in [0.25, 0.3) is 0 Å². The second-order valence-corrected chi connectivity index (χ2v) is 7.20.